The Kier molecular flexibility index (Phi) is 7.32. The fourth-order valence-electron chi connectivity index (χ4n) is 2.79. The van der Waals surface area contributed by atoms with Gasteiger partial charge in [0, 0.05) is 13.0 Å². The van der Waals surface area contributed by atoms with Gasteiger partial charge in [-0.2, -0.15) is 0 Å². The van der Waals surface area contributed by atoms with Crippen LogP contribution in [0.1, 0.15) is 58.3 Å². The van der Waals surface area contributed by atoms with Gasteiger partial charge in [0.05, 0.1) is 12.2 Å². The zero-order valence-electron chi connectivity index (χ0n) is 11.0. The monoisotopic (exact) mass is 238 g/mol. The minimum atomic E-state index is -0.341. The van der Waals surface area contributed by atoms with Gasteiger partial charge in [-0.3, -0.25) is 0 Å². The fourth-order valence-corrected chi connectivity index (χ4v) is 2.79. The average Bonchev–Trinajstić information content (AvgIpc) is 2.37. The molecule has 98 valence electrons. The van der Waals surface area contributed by atoms with E-state index in [-0.39, 0.29) is 12.2 Å². The third kappa shape index (κ3) is 5.10. The van der Waals surface area contributed by atoms with Crippen molar-refractivity contribution < 1.29 is 9.84 Å². The van der Waals surface area contributed by atoms with Crippen LogP contribution < -0.4 is 0 Å². The van der Waals surface area contributed by atoms with Crippen molar-refractivity contribution in [2.24, 2.45) is 5.92 Å². The zero-order valence-corrected chi connectivity index (χ0v) is 11.0. The molecule has 0 spiro atoms. The summed E-state index contributed by atoms with van der Waals surface area (Å²) in [6.07, 6.45) is 13.6. The van der Waals surface area contributed by atoms with Crippen molar-refractivity contribution in [3.8, 4) is 12.3 Å². The molecule has 0 aromatic carbocycles. The molecule has 0 radical (unpaired) electrons. The Morgan fingerprint density at radius 1 is 1.35 bits per heavy atom. The lowest BCUT2D eigenvalue weighted by Crippen LogP contribution is -2.37. The minimum absolute atomic E-state index is 0.0260. The van der Waals surface area contributed by atoms with Crippen molar-refractivity contribution in [2.75, 3.05) is 6.61 Å². The Morgan fingerprint density at radius 2 is 2.06 bits per heavy atom. The molecule has 1 saturated carbocycles. The second-order valence-electron chi connectivity index (χ2n) is 4.98. The second-order valence-corrected chi connectivity index (χ2v) is 4.98. The van der Waals surface area contributed by atoms with Crippen molar-refractivity contribution in [3.05, 3.63) is 0 Å². The summed E-state index contributed by atoms with van der Waals surface area (Å²) in [7, 11) is 0. The average molecular weight is 238 g/mol. The topological polar surface area (TPSA) is 29.5 Å². The molecular weight excluding hydrogens is 212 g/mol. The number of hydrogen-bond donors (Lipinski definition) is 1. The fraction of sp³-hybridized carbons (Fsp3) is 0.867. The SMILES string of the molecule is C#CCCCC(O)C(OCC)C1CCCCC1. The maximum absolute atomic E-state index is 10.2. The Balaban J connectivity index is 2.42. The van der Waals surface area contributed by atoms with Crippen LogP contribution in [0, 0.1) is 18.3 Å². The van der Waals surface area contributed by atoms with E-state index < -0.39 is 0 Å². The van der Waals surface area contributed by atoms with Gasteiger partial charge in [-0.1, -0.05) is 19.3 Å². The van der Waals surface area contributed by atoms with Gasteiger partial charge in [0.1, 0.15) is 0 Å². The highest BCUT2D eigenvalue weighted by Gasteiger charge is 2.29. The van der Waals surface area contributed by atoms with Crippen LogP contribution in [-0.4, -0.2) is 23.9 Å². The molecule has 2 atom stereocenters. The lowest BCUT2D eigenvalue weighted by molar-refractivity contribution is -0.0749. The Morgan fingerprint density at radius 3 is 2.65 bits per heavy atom. The van der Waals surface area contributed by atoms with Crippen LogP contribution >= 0.6 is 0 Å². The van der Waals surface area contributed by atoms with Gasteiger partial charge in [0.2, 0.25) is 0 Å². The van der Waals surface area contributed by atoms with Gasteiger partial charge < -0.3 is 9.84 Å². The van der Waals surface area contributed by atoms with Crippen LogP contribution in [0.4, 0.5) is 0 Å². The molecule has 1 rings (SSSR count). The smallest absolute Gasteiger partial charge is 0.0861 e. The van der Waals surface area contributed by atoms with Crippen LogP contribution in [0.2, 0.25) is 0 Å². The Bertz CT molecular complexity index is 226. The number of ether oxygens (including phenoxy) is 1. The van der Waals surface area contributed by atoms with E-state index >= 15 is 0 Å². The number of rotatable bonds is 7. The highest BCUT2D eigenvalue weighted by molar-refractivity contribution is 4.85. The molecule has 0 aromatic heterocycles. The third-order valence-electron chi connectivity index (χ3n) is 3.67. The van der Waals surface area contributed by atoms with Crippen LogP contribution in [0.3, 0.4) is 0 Å². The third-order valence-corrected chi connectivity index (χ3v) is 3.67. The molecule has 2 heteroatoms. The van der Waals surface area contributed by atoms with Crippen LogP contribution in [0.25, 0.3) is 0 Å². The quantitative estimate of drug-likeness (QED) is 0.545. The molecule has 1 fully saturated rings. The maximum Gasteiger partial charge on any atom is 0.0861 e. The normalized spacial score (nSPS) is 20.8. The summed E-state index contributed by atoms with van der Waals surface area (Å²) in [5, 5.41) is 10.2. The molecule has 2 nitrogen and oxygen atoms in total. The minimum Gasteiger partial charge on any atom is -0.390 e. The highest BCUT2D eigenvalue weighted by Crippen LogP contribution is 2.30. The molecule has 0 aliphatic heterocycles. The van der Waals surface area contributed by atoms with E-state index in [1.807, 2.05) is 6.92 Å². The van der Waals surface area contributed by atoms with E-state index in [2.05, 4.69) is 5.92 Å². The van der Waals surface area contributed by atoms with Crippen molar-refractivity contribution in [1.29, 1.82) is 0 Å². The Hall–Kier alpha value is -0.520. The van der Waals surface area contributed by atoms with Gasteiger partial charge in [-0.15, -0.1) is 12.3 Å². The largest absolute Gasteiger partial charge is 0.390 e. The van der Waals surface area contributed by atoms with E-state index in [0.717, 1.165) is 19.3 Å². The molecule has 0 aromatic rings. The van der Waals surface area contributed by atoms with Gasteiger partial charge in [-0.25, -0.2) is 0 Å². The van der Waals surface area contributed by atoms with E-state index in [1.54, 1.807) is 0 Å². The first kappa shape index (κ1) is 14.5. The van der Waals surface area contributed by atoms with Gasteiger partial charge in [-0.05, 0) is 38.5 Å². The van der Waals surface area contributed by atoms with E-state index in [0.29, 0.717) is 12.5 Å². The van der Waals surface area contributed by atoms with Crippen molar-refractivity contribution in [3.63, 3.8) is 0 Å². The summed E-state index contributed by atoms with van der Waals surface area (Å²) in [6.45, 7) is 2.69. The summed E-state index contributed by atoms with van der Waals surface area (Å²) in [5.41, 5.74) is 0. The standard InChI is InChI=1S/C15H26O2/c1-3-5-7-12-14(16)15(17-4-2)13-10-8-6-9-11-13/h1,13-16H,4-12H2,2H3. The lowest BCUT2D eigenvalue weighted by Gasteiger charge is -2.33. The van der Waals surface area contributed by atoms with Crippen LogP contribution in [0.5, 0.6) is 0 Å². The first-order valence-corrected chi connectivity index (χ1v) is 7.02. The first-order chi connectivity index (χ1) is 8.29. The van der Waals surface area contributed by atoms with E-state index in [1.165, 1.54) is 32.1 Å². The number of aliphatic hydroxyl groups is 1. The van der Waals surface area contributed by atoms with Gasteiger partial charge in [0.25, 0.3) is 0 Å². The van der Waals surface area contributed by atoms with Gasteiger partial charge in [0.15, 0.2) is 0 Å². The van der Waals surface area contributed by atoms with Crippen molar-refractivity contribution in [2.45, 2.75) is 70.5 Å². The number of unbranched alkanes of at least 4 members (excludes halogenated alkanes) is 1. The summed E-state index contributed by atoms with van der Waals surface area (Å²) in [4.78, 5) is 0. The first-order valence-electron chi connectivity index (χ1n) is 7.02. The Labute approximate surface area is 106 Å². The molecule has 17 heavy (non-hydrogen) atoms. The summed E-state index contributed by atoms with van der Waals surface area (Å²) >= 11 is 0. The molecule has 1 N–H and O–H groups in total. The van der Waals surface area contributed by atoms with E-state index in [4.69, 9.17) is 11.2 Å². The van der Waals surface area contributed by atoms with E-state index in [9.17, 15) is 5.11 Å². The van der Waals surface area contributed by atoms with Gasteiger partial charge >= 0.3 is 0 Å². The molecule has 1 aliphatic carbocycles. The summed E-state index contributed by atoms with van der Waals surface area (Å²) in [6, 6.07) is 0. The predicted octanol–water partition coefficient (Wildman–Crippen LogP) is 3.14. The highest BCUT2D eigenvalue weighted by atomic mass is 16.5. The van der Waals surface area contributed by atoms with Crippen LogP contribution in [0.15, 0.2) is 0 Å². The molecule has 2 unspecified atom stereocenters. The molecule has 0 saturated heterocycles. The number of hydrogen-bond acceptors (Lipinski definition) is 2. The predicted molar refractivity (Wildman–Crippen MR) is 70.7 cm³/mol. The summed E-state index contributed by atoms with van der Waals surface area (Å²) < 4.78 is 5.77. The lowest BCUT2D eigenvalue weighted by atomic mass is 9.82. The molecule has 0 bridgehead atoms. The summed E-state index contributed by atoms with van der Waals surface area (Å²) in [5.74, 6) is 3.17. The number of terminal acetylenes is 1. The van der Waals surface area contributed by atoms with Crippen molar-refractivity contribution >= 4 is 0 Å². The molecule has 0 heterocycles. The molecular formula is C15H26O2. The molecule has 1 aliphatic rings. The zero-order chi connectivity index (χ0) is 12.5. The number of aliphatic hydroxyl groups excluding tert-OH is 1. The molecule has 0 amide bonds. The van der Waals surface area contributed by atoms with Crippen LogP contribution in [-0.2, 0) is 4.74 Å². The van der Waals surface area contributed by atoms with Crippen molar-refractivity contribution in [1.82, 2.24) is 0 Å². The second kappa shape index (κ2) is 8.55. The maximum atomic E-state index is 10.2.